The first-order valence-electron chi connectivity index (χ1n) is 7.61. The third-order valence-electron chi connectivity index (χ3n) is 2.79. The highest BCUT2D eigenvalue weighted by molar-refractivity contribution is 5.91. The molecule has 24 heavy (non-hydrogen) atoms. The Morgan fingerprint density at radius 1 is 1.08 bits per heavy atom. The summed E-state index contributed by atoms with van der Waals surface area (Å²) in [6, 6.07) is 8.76. The monoisotopic (exact) mass is 334 g/mol. The smallest absolute Gasteiger partial charge is 0.331 e. The van der Waals surface area contributed by atoms with Crippen LogP contribution in [0.15, 0.2) is 42.5 Å². The molecule has 0 spiro atoms. The number of rotatable bonds is 8. The van der Waals surface area contributed by atoms with Gasteiger partial charge in [0.05, 0.1) is 12.6 Å². The van der Waals surface area contributed by atoms with Crippen LogP contribution in [-0.2, 0) is 25.6 Å². The zero-order valence-electron chi connectivity index (χ0n) is 13.8. The van der Waals surface area contributed by atoms with Gasteiger partial charge in [0, 0.05) is 18.7 Å². The summed E-state index contributed by atoms with van der Waals surface area (Å²) in [5.41, 5.74) is 0.982. The summed E-state index contributed by atoms with van der Waals surface area (Å²) < 4.78 is 9.56. The fraction of sp³-hybridized carbons (Fsp3) is 0.353. The first kappa shape index (κ1) is 19.2. The van der Waals surface area contributed by atoms with E-state index < -0.39 is 11.9 Å². The molecule has 0 heterocycles. The van der Waals surface area contributed by atoms with Crippen LogP contribution in [0, 0.1) is 0 Å². The molecule has 130 valence electrons. The molecule has 0 radical (unpaired) electrons. The van der Waals surface area contributed by atoms with E-state index in [1.807, 2.05) is 30.3 Å². The Morgan fingerprint density at radius 2 is 1.71 bits per heavy atom. The number of nitrogens with one attached hydrogen (secondary N) is 2. The minimum Gasteiger partial charge on any atom is -0.463 e. The summed E-state index contributed by atoms with van der Waals surface area (Å²) in [6.45, 7) is 3.99. The summed E-state index contributed by atoms with van der Waals surface area (Å²) in [5, 5.41) is 5.35. The quantitative estimate of drug-likeness (QED) is 0.555. The number of hydrogen-bond acceptors (Lipinski definition) is 5. The van der Waals surface area contributed by atoms with Gasteiger partial charge in [0.2, 0.25) is 0 Å². The van der Waals surface area contributed by atoms with Gasteiger partial charge in [-0.3, -0.25) is 0 Å². The van der Waals surface area contributed by atoms with Crippen molar-refractivity contribution in [2.45, 2.75) is 26.4 Å². The van der Waals surface area contributed by atoms with Crippen LogP contribution >= 0.6 is 0 Å². The first-order valence-corrected chi connectivity index (χ1v) is 7.61. The molecule has 0 fully saturated rings. The van der Waals surface area contributed by atoms with Gasteiger partial charge in [-0.15, -0.1) is 0 Å². The minimum atomic E-state index is -0.679. The van der Waals surface area contributed by atoms with E-state index in [1.165, 1.54) is 0 Å². The lowest BCUT2D eigenvalue weighted by Gasteiger charge is -2.14. The minimum absolute atomic E-state index is 0.00917. The molecular weight excluding hydrogens is 312 g/mol. The van der Waals surface area contributed by atoms with E-state index in [0.717, 1.165) is 17.7 Å². The van der Waals surface area contributed by atoms with Crippen molar-refractivity contribution in [2.75, 3.05) is 13.2 Å². The Labute approximate surface area is 141 Å². The molecule has 0 aliphatic rings. The number of esters is 2. The molecule has 0 saturated heterocycles. The number of urea groups is 1. The number of hydrogen-bond donors (Lipinski definition) is 2. The van der Waals surface area contributed by atoms with Crippen LogP contribution in [0.2, 0.25) is 0 Å². The predicted octanol–water partition coefficient (Wildman–Crippen LogP) is 1.54. The molecule has 0 saturated carbocycles. The second-order valence-electron chi connectivity index (χ2n) is 4.93. The summed E-state index contributed by atoms with van der Waals surface area (Å²) in [5.74, 6) is -1.29. The van der Waals surface area contributed by atoms with Crippen molar-refractivity contribution in [2.24, 2.45) is 0 Å². The second kappa shape index (κ2) is 10.8. The van der Waals surface area contributed by atoms with E-state index >= 15 is 0 Å². The van der Waals surface area contributed by atoms with Gasteiger partial charge in [-0.2, -0.15) is 0 Å². The lowest BCUT2D eigenvalue weighted by Crippen LogP contribution is -2.42. The molecule has 1 aromatic carbocycles. The van der Waals surface area contributed by atoms with E-state index in [0.29, 0.717) is 6.54 Å². The van der Waals surface area contributed by atoms with Crippen molar-refractivity contribution in [3.63, 3.8) is 0 Å². The number of carbonyl (C=O) groups excluding carboxylic acids is 3. The van der Waals surface area contributed by atoms with Crippen LogP contribution in [0.4, 0.5) is 4.79 Å². The van der Waals surface area contributed by atoms with Gasteiger partial charge in [-0.05, 0) is 19.4 Å². The lowest BCUT2D eigenvalue weighted by molar-refractivity contribution is -0.140. The number of amides is 2. The van der Waals surface area contributed by atoms with Crippen LogP contribution in [-0.4, -0.2) is 37.2 Å². The molecule has 0 aliphatic carbocycles. The summed E-state index contributed by atoms with van der Waals surface area (Å²) in [4.78, 5) is 34.2. The van der Waals surface area contributed by atoms with E-state index in [9.17, 15) is 14.4 Å². The van der Waals surface area contributed by atoms with Gasteiger partial charge in [-0.25, -0.2) is 14.4 Å². The van der Waals surface area contributed by atoms with Crippen LogP contribution in [0.25, 0.3) is 0 Å². The zero-order valence-corrected chi connectivity index (χ0v) is 13.8. The van der Waals surface area contributed by atoms with E-state index in [2.05, 4.69) is 15.4 Å². The molecule has 1 aromatic rings. The Morgan fingerprint density at radius 3 is 2.33 bits per heavy atom. The lowest BCUT2D eigenvalue weighted by atomic mass is 10.2. The normalized spacial score (nSPS) is 11.6. The third kappa shape index (κ3) is 8.57. The van der Waals surface area contributed by atoms with Gasteiger partial charge in [-0.1, -0.05) is 30.3 Å². The number of carbonyl (C=O) groups is 3. The number of benzene rings is 1. The summed E-state index contributed by atoms with van der Waals surface area (Å²) >= 11 is 0. The maximum absolute atomic E-state index is 11.7. The molecule has 1 atom stereocenters. The van der Waals surface area contributed by atoms with Crippen molar-refractivity contribution in [3.8, 4) is 0 Å². The SMILES string of the molecule is CCOC(=O)/C=C/C(=O)OC[C@H](C)NC(=O)NCc1ccccc1. The van der Waals surface area contributed by atoms with Crippen LogP contribution in [0.1, 0.15) is 19.4 Å². The largest absolute Gasteiger partial charge is 0.463 e. The summed E-state index contributed by atoms with van der Waals surface area (Å²) in [7, 11) is 0. The molecule has 0 aliphatic heterocycles. The van der Waals surface area contributed by atoms with E-state index in [4.69, 9.17) is 4.74 Å². The van der Waals surface area contributed by atoms with Gasteiger partial charge < -0.3 is 20.1 Å². The molecule has 0 aromatic heterocycles. The Kier molecular flexibility index (Phi) is 8.67. The highest BCUT2D eigenvalue weighted by Crippen LogP contribution is 1.97. The van der Waals surface area contributed by atoms with Gasteiger partial charge in [0.1, 0.15) is 6.61 Å². The fourth-order valence-corrected chi connectivity index (χ4v) is 1.68. The average Bonchev–Trinajstić information content (AvgIpc) is 2.57. The Balaban J connectivity index is 2.22. The molecule has 2 N–H and O–H groups in total. The van der Waals surface area contributed by atoms with Crippen LogP contribution in [0.5, 0.6) is 0 Å². The van der Waals surface area contributed by atoms with Crippen molar-refractivity contribution < 1.29 is 23.9 Å². The van der Waals surface area contributed by atoms with E-state index in [-0.39, 0.29) is 25.3 Å². The van der Waals surface area contributed by atoms with Crippen molar-refractivity contribution in [1.82, 2.24) is 10.6 Å². The molecule has 0 unspecified atom stereocenters. The molecule has 7 nitrogen and oxygen atoms in total. The van der Waals surface area contributed by atoms with Crippen LogP contribution in [0.3, 0.4) is 0 Å². The van der Waals surface area contributed by atoms with Gasteiger partial charge in [0.15, 0.2) is 0 Å². The van der Waals surface area contributed by atoms with E-state index in [1.54, 1.807) is 13.8 Å². The van der Waals surface area contributed by atoms with Crippen LogP contribution < -0.4 is 10.6 Å². The summed E-state index contributed by atoms with van der Waals surface area (Å²) in [6.07, 6.45) is 1.98. The van der Waals surface area contributed by atoms with Gasteiger partial charge in [0.25, 0.3) is 0 Å². The molecule has 2 amide bonds. The Hall–Kier alpha value is -2.83. The maximum Gasteiger partial charge on any atom is 0.331 e. The standard InChI is InChI=1S/C17H22N2O5/c1-3-23-15(20)9-10-16(21)24-12-13(2)19-17(22)18-11-14-7-5-4-6-8-14/h4-10,13H,3,11-12H2,1-2H3,(H2,18,19,22)/b10-9+/t13-/m0/s1. The van der Waals surface area contributed by atoms with Crippen molar-refractivity contribution >= 4 is 18.0 Å². The Bertz CT molecular complexity index is 572. The molecule has 7 heteroatoms. The molecular formula is C17H22N2O5. The number of ether oxygens (including phenoxy) is 2. The third-order valence-corrected chi connectivity index (χ3v) is 2.79. The zero-order chi connectivity index (χ0) is 17.8. The van der Waals surface area contributed by atoms with Crippen molar-refractivity contribution in [1.29, 1.82) is 0 Å². The highest BCUT2D eigenvalue weighted by Gasteiger charge is 2.09. The molecule has 0 bridgehead atoms. The topological polar surface area (TPSA) is 93.7 Å². The highest BCUT2D eigenvalue weighted by atomic mass is 16.5. The average molecular weight is 334 g/mol. The predicted molar refractivity (Wildman–Crippen MR) is 88.0 cm³/mol. The second-order valence-corrected chi connectivity index (χ2v) is 4.93. The van der Waals surface area contributed by atoms with Crippen molar-refractivity contribution in [3.05, 3.63) is 48.0 Å². The van der Waals surface area contributed by atoms with Gasteiger partial charge >= 0.3 is 18.0 Å². The molecule has 1 rings (SSSR count). The maximum atomic E-state index is 11.7. The fourth-order valence-electron chi connectivity index (χ4n) is 1.68. The first-order chi connectivity index (χ1) is 11.5.